The van der Waals surface area contributed by atoms with Gasteiger partial charge in [-0.1, -0.05) is 36.2 Å². The number of hydrogen-bond donors (Lipinski definition) is 2. The smallest absolute Gasteiger partial charge is 0.229 e. The van der Waals surface area contributed by atoms with Crippen molar-refractivity contribution in [2.45, 2.75) is 6.42 Å². The van der Waals surface area contributed by atoms with Crippen LogP contribution in [0.2, 0.25) is 0 Å². The van der Waals surface area contributed by atoms with Crippen molar-refractivity contribution in [2.24, 2.45) is 11.5 Å². The zero-order valence-electron chi connectivity index (χ0n) is 7.99. The molecule has 0 atom stereocenters. The fraction of sp³-hybridized carbons (Fsp3) is 0.0909. The van der Waals surface area contributed by atoms with Crippen molar-refractivity contribution < 1.29 is 4.79 Å². The highest BCUT2D eigenvalue weighted by Crippen LogP contribution is 2.03. The third-order valence-corrected chi connectivity index (χ3v) is 1.88. The number of benzene rings is 1. The summed E-state index contributed by atoms with van der Waals surface area (Å²) in [5, 5.41) is 0. The topological polar surface area (TPSA) is 69.1 Å². The highest BCUT2D eigenvalue weighted by Gasteiger charge is 1.95. The van der Waals surface area contributed by atoms with E-state index in [0.717, 1.165) is 11.1 Å². The van der Waals surface area contributed by atoms with E-state index in [2.05, 4.69) is 11.8 Å². The van der Waals surface area contributed by atoms with Gasteiger partial charge in [0.05, 0.1) is 6.42 Å². The van der Waals surface area contributed by atoms with Gasteiger partial charge in [0.15, 0.2) is 0 Å². The predicted molar refractivity (Wildman–Crippen MR) is 63.0 cm³/mol. The first kappa shape index (κ1) is 11.2. The van der Waals surface area contributed by atoms with E-state index in [1.807, 2.05) is 18.2 Å². The minimum absolute atomic E-state index is 0.0529. The van der Waals surface area contributed by atoms with E-state index in [0.29, 0.717) is 4.99 Å². The molecule has 1 aromatic rings. The maximum absolute atomic E-state index is 10.4. The number of primary amides is 1. The molecule has 0 saturated carbocycles. The van der Waals surface area contributed by atoms with Gasteiger partial charge in [-0.05, 0) is 12.1 Å². The highest BCUT2D eigenvalue weighted by molar-refractivity contribution is 7.80. The Morgan fingerprint density at radius 3 is 2.73 bits per heavy atom. The summed E-state index contributed by atoms with van der Waals surface area (Å²) in [4.78, 5) is 10.8. The lowest BCUT2D eigenvalue weighted by atomic mass is 10.1. The molecule has 0 aliphatic heterocycles. The lowest BCUT2D eigenvalue weighted by Crippen LogP contribution is -2.09. The fourth-order valence-electron chi connectivity index (χ4n) is 0.984. The Morgan fingerprint density at radius 1 is 1.40 bits per heavy atom. The summed E-state index contributed by atoms with van der Waals surface area (Å²) in [6.07, 6.45) is 0.0529. The van der Waals surface area contributed by atoms with Crippen molar-refractivity contribution in [3.05, 3.63) is 35.4 Å². The number of hydrogen-bond acceptors (Lipinski definition) is 2. The molecule has 15 heavy (non-hydrogen) atoms. The summed E-state index contributed by atoms with van der Waals surface area (Å²) in [5.41, 5.74) is 11.9. The monoisotopic (exact) mass is 218 g/mol. The Kier molecular flexibility index (Phi) is 3.83. The molecule has 0 saturated heterocycles. The van der Waals surface area contributed by atoms with Gasteiger partial charge in [-0.2, -0.15) is 0 Å². The third kappa shape index (κ3) is 3.79. The second-order valence-electron chi connectivity index (χ2n) is 2.89. The minimum Gasteiger partial charge on any atom is -0.389 e. The molecule has 0 radical (unpaired) electrons. The van der Waals surface area contributed by atoms with Crippen LogP contribution in [0.15, 0.2) is 24.3 Å². The van der Waals surface area contributed by atoms with E-state index < -0.39 is 5.91 Å². The summed E-state index contributed by atoms with van der Waals surface area (Å²) < 4.78 is 0. The normalized spacial score (nSPS) is 8.80. The predicted octanol–water partition coefficient (Wildman–Crippen LogP) is 0.548. The van der Waals surface area contributed by atoms with Gasteiger partial charge in [-0.3, -0.25) is 4.79 Å². The lowest BCUT2D eigenvalue weighted by Gasteiger charge is -1.97. The SMILES string of the molecule is NC(=O)CC#Cc1cccc(C(N)=S)c1. The number of amides is 1. The van der Waals surface area contributed by atoms with Crippen LogP contribution in [0.5, 0.6) is 0 Å². The Balaban J connectivity index is 2.85. The number of nitrogens with two attached hydrogens (primary N) is 2. The molecule has 0 aliphatic carbocycles. The maximum atomic E-state index is 10.4. The molecule has 0 heterocycles. The lowest BCUT2D eigenvalue weighted by molar-refractivity contribution is -0.117. The molecule has 1 rings (SSSR count). The number of rotatable bonds is 2. The van der Waals surface area contributed by atoms with Gasteiger partial charge >= 0.3 is 0 Å². The standard InChI is InChI=1S/C11H10N2OS/c12-10(14)6-2-4-8-3-1-5-9(7-8)11(13)15/h1,3,5,7H,6H2,(H2,12,14)(H2,13,15). The molecular weight excluding hydrogens is 208 g/mol. The maximum Gasteiger partial charge on any atom is 0.229 e. The molecule has 4 N–H and O–H groups in total. The largest absolute Gasteiger partial charge is 0.389 e. The van der Waals surface area contributed by atoms with Gasteiger partial charge in [0.2, 0.25) is 5.91 Å². The van der Waals surface area contributed by atoms with Crippen molar-refractivity contribution in [1.82, 2.24) is 0 Å². The number of carbonyl (C=O) groups is 1. The van der Waals surface area contributed by atoms with Crippen LogP contribution in [0.1, 0.15) is 17.5 Å². The Morgan fingerprint density at radius 2 is 2.13 bits per heavy atom. The van der Waals surface area contributed by atoms with Crippen molar-refractivity contribution in [3.8, 4) is 11.8 Å². The van der Waals surface area contributed by atoms with Crippen LogP contribution in [0, 0.1) is 11.8 Å². The second-order valence-corrected chi connectivity index (χ2v) is 3.33. The zero-order chi connectivity index (χ0) is 11.3. The van der Waals surface area contributed by atoms with Crippen molar-refractivity contribution in [1.29, 1.82) is 0 Å². The molecule has 0 aromatic heterocycles. The summed E-state index contributed by atoms with van der Waals surface area (Å²) in [5.74, 6) is 5.03. The van der Waals surface area contributed by atoms with Crippen molar-refractivity contribution in [3.63, 3.8) is 0 Å². The Hall–Kier alpha value is -1.86. The quantitative estimate of drug-likeness (QED) is 0.562. The molecule has 0 bridgehead atoms. The van der Waals surface area contributed by atoms with Crippen LogP contribution in [-0.4, -0.2) is 10.9 Å². The van der Waals surface area contributed by atoms with Gasteiger partial charge in [0.1, 0.15) is 4.99 Å². The summed E-state index contributed by atoms with van der Waals surface area (Å²) in [6.45, 7) is 0. The van der Waals surface area contributed by atoms with Crippen molar-refractivity contribution in [2.75, 3.05) is 0 Å². The second kappa shape index (κ2) is 5.13. The molecule has 1 amide bonds. The van der Waals surface area contributed by atoms with Gasteiger partial charge in [-0.15, -0.1) is 0 Å². The average molecular weight is 218 g/mol. The molecule has 1 aromatic carbocycles. The summed E-state index contributed by atoms with van der Waals surface area (Å²) >= 11 is 4.83. The van der Waals surface area contributed by atoms with Crippen LogP contribution in [0.25, 0.3) is 0 Å². The molecule has 76 valence electrons. The summed E-state index contributed by atoms with van der Waals surface area (Å²) in [6, 6.07) is 7.20. The Labute approximate surface area is 93.5 Å². The molecule has 0 spiro atoms. The van der Waals surface area contributed by atoms with Gasteiger partial charge in [-0.25, -0.2) is 0 Å². The molecule has 0 fully saturated rings. The number of carbonyl (C=O) groups excluding carboxylic acids is 1. The average Bonchev–Trinajstić information content (AvgIpc) is 2.17. The van der Waals surface area contributed by atoms with E-state index in [1.165, 1.54) is 0 Å². The van der Waals surface area contributed by atoms with Crippen LogP contribution in [0.3, 0.4) is 0 Å². The highest BCUT2D eigenvalue weighted by atomic mass is 32.1. The molecule has 0 unspecified atom stereocenters. The van der Waals surface area contributed by atoms with E-state index in [1.54, 1.807) is 6.07 Å². The summed E-state index contributed by atoms with van der Waals surface area (Å²) in [7, 11) is 0. The van der Waals surface area contributed by atoms with E-state index in [9.17, 15) is 4.79 Å². The van der Waals surface area contributed by atoms with E-state index >= 15 is 0 Å². The van der Waals surface area contributed by atoms with Crippen LogP contribution in [0.4, 0.5) is 0 Å². The van der Waals surface area contributed by atoms with Gasteiger partial charge < -0.3 is 11.5 Å². The first-order chi connectivity index (χ1) is 7.09. The van der Waals surface area contributed by atoms with Gasteiger partial charge in [0, 0.05) is 11.1 Å². The molecular formula is C11H10N2OS. The van der Waals surface area contributed by atoms with Crippen molar-refractivity contribution >= 4 is 23.1 Å². The van der Waals surface area contributed by atoms with Crippen LogP contribution >= 0.6 is 12.2 Å². The van der Waals surface area contributed by atoms with Crippen LogP contribution < -0.4 is 11.5 Å². The number of thiocarbonyl (C=S) groups is 1. The molecule has 3 nitrogen and oxygen atoms in total. The first-order valence-electron chi connectivity index (χ1n) is 4.26. The van der Waals surface area contributed by atoms with Gasteiger partial charge in [0.25, 0.3) is 0 Å². The zero-order valence-corrected chi connectivity index (χ0v) is 8.80. The first-order valence-corrected chi connectivity index (χ1v) is 4.67. The third-order valence-electron chi connectivity index (χ3n) is 1.64. The van der Waals surface area contributed by atoms with Crippen LogP contribution in [-0.2, 0) is 4.79 Å². The molecule has 0 aliphatic rings. The molecule has 4 heteroatoms. The Bertz CT molecular complexity index is 457. The van der Waals surface area contributed by atoms with E-state index in [-0.39, 0.29) is 6.42 Å². The van der Waals surface area contributed by atoms with E-state index in [4.69, 9.17) is 23.7 Å². The fourth-order valence-corrected chi connectivity index (χ4v) is 1.11. The minimum atomic E-state index is -0.437.